The fourth-order valence-corrected chi connectivity index (χ4v) is 6.47. The van der Waals surface area contributed by atoms with Gasteiger partial charge in [0.25, 0.3) is 11.8 Å². The van der Waals surface area contributed by atoms with E-state index in [-0.39, 0.29) is 27.3 Å². The Balaban J connectivity index is 0.000000181. The van der Waals surface area contributed by atoms with E-state index in [1.54, 1.807) is 12.1 Å². The van der Waals surface area contributed by atoms with Gasteiger partial charge in [0.15, 0.2) is 0 Å². The van der Waals surface area contributed by atoms with Crippen molar-refractivity contribution in [2.75, 3.05) is 10.6 Å². The van der Waals surface area contributed by atoms with E-state index >= 15 is 0 Å². The van der Waals surface area contributed by atoms with Crippen LogP contribution in [0.2, 0.25) is 10.0 Å². The van der Waals surface area contributed by atoms with E-state index in [0.717, 1.165) is 44.4 Å². The molecule has 0 saturated heterocycles. The molecule has 6 aromatic rings. The summed E-state index contributed by atoms with van der Waals surface area (Å²) in [7, 11) is -1.60. The molecule has 0 radical (unpaired) electrons. The maximum absolute atomic E-state index is 13.4. The Morgan fingerprint density at radius 3 is 1.64 bits per heavy atom. The fourth-order valence-electron chi connectivity index (χ4n) is 4.46. The first kappa shape index (κ1) is 38.4. The van der Waals surface area contributed by atoms with Crippen molar-refractivity contribution in [2.45, 2.75) is 20.8 Å². The molecule has 2 aromatic heterocycles. The predicted octanol–water partition coefficient (Wildman–Crippen LogP) is 9.54. The van der Waals surface area contributed by atoms with E-state index in [1.807, 2.05) is 92.2 Å². The summed E-state index contributed by atoms with van der Waals surface area (Å²) in [5, 5.41) is 26.8. The fraction of sp³-hybridized carbons (Fsp3) is 0.0811. The second-order valence-corrected chi connectivity index (χ2v) is 13.5. The highest BCUT2D eigenvalue weighted by molar-refractivity contribution is 7.12. The number of aryl methyl sites for hydroxylation is 3. The number of thiophene rings is 2. The average Bonchev–Trinajstić information content (AvgIpc) is 3.73. The molecule has 0 unspecified atom stereocenters. The molecule has 0 bridgehead atoms. The van der Waals surface area contributed by atoms with Crippen molar-refractivity contribution < 1.29 is 28.4 Å². The number of hydrogen-bond acceptors (Lipinski definition) is 6. The van der Waals surface area contributed by atoms with Crippen LogP contribution in [0.25, 0.3) is 11.1 Å². The number of carbonyl (C=O) groups is 2. The van der Waals surface area contributed by atoms with Gasteiger partial charge in [0.05, 0.1) is 19.8 Å². The molecule has 0 saturated carbocycles. The molecule has 256 valence electrons. The van der Waals surface area contributed by atoms with Gasteiger partial charge in [-0.25, -0.2) is 8.78 Å². The molecule has 0 aliphatic rings. The molecule has 0 spiro atoms. The van der Waals surface area contributed by atoms with Crippen LogP contribution in [0.1, 0.15) is 36.0 Å². The SMILES string of the molecule is Cc1ccccc1NC(=O)c1sccc1C.Cc1ccsc1C(=O)Nc1ccccc1-c1ccc(F)c(Cl)c1.OB(O)c1ccc(F)c(Cl)c1. The molecule has 13 heteroatoms. The third-order valence-corrected chi connectivity index (χ3v) is 9.79. The van der Waals surface area contributed by atoms with Gasteiger partial charge in [-0.05, 0) is 108 Å². The first-order chi connectivity index (χ1) is 23.8. The number of rotatable bonds is 6. The van der Waals surface area contributed by atoms with E-state index in [4.69, 9.17) is 33.2 Å². The largest absolute Gasteiger partial charge is 0.488 e. The summed E-state index contributed by atoms with van der Waals surface area (Å²) in [5.41, 5.74) is 6.28. The number of halogens is 4. The lowest BCUT2D eigenvalue weighted by Gasteiger charge is -2.11. The third kappa shape index (κ3) is 10.3. The summed E-state index contributed by atoms with van der Waals surface area (Å²) in [5.74, 6) is -1.22. The van der Waals surface area contributed by atoms with Crippen LogP contribution in [0.5, 0.6) is 0 Å². The second kappa shape index (κ2) is 18.0. The van der Waals surface area contributed by atoms with Gasteiger partial charge in [0, 0.05) is 16.9 Å². The maximum Gasteiger partial charge on any atom is 0.488 e. The molecular formula is C37H31BCl2F2N2O4S2. The molecule has 6 rings (SSSR count). The van der Waals surface area contributed by atoms with Gasteiger partial charge < -0.3 is 20.7 Å². The minimum absolute atomic E-state index is 0.0261. The van der Waals surface area contributed by atoms with E-state index in [9.17, 15) is 18.4 Å². The minimum atomic E-state index is -1.60. The molecule has 2 amide bonds. The predicted molar refractivity (Wildman–Crippen MR) is 203 cm³/mol. The van der Waals surface area contributed by atoms with Crippen LogP contribution in [0, 0.1) is 32.4 Å². The zero-order valence-electron chi connectivity index (χ0n) is 27.0. The molecular weight excluding hydrogens is 720 g/mol. The highest BCUT2D eigenvalue weighted by Gasteiger charge is 2.15. The number of nitrogens with one attached hydrogen (secondary N) is 2. The van der Waals surface area contributed by atoms with Crippen molar-refractivity contribution in [2.24, 2.45) is 0 Å². The van der Waals surface area contributed by atoms with Crippen molar-refractivity contribution in [3.63, 3.8) is 0 Å². The van der Waals surface area contributed by atoms with Gasteiger partial charge in [0.2, 0.25) is 0 Å². The Morgan fingerprint density at radius 1 is 0.640 bits per heavy atom. The number of benzene rings is 4. The van der Waals surface area contributed by atoms with Gasteiger partial charge in [-0.1, -0.05) is 71.7 Å². The summed E-state index contributed by atoms with van der Waals surface area (Å²) >= 11 is 14.1. The van der Waals surface area contributed by atoms with E-state index in [2.05, 4.69) is 10.6 Å². The first-order valence-electron chi connectivity index (χ1n) is 15.0. The van der Waals surface area contributed by atoms with E-state index in [1.165, 1.54) is 40.9 Å². The van der Waals surface area contributed by atoms with Crippen LogP contribution in [-0.4, -0.2) is 29.0 Å². The summed E-state index contributed by atoms with van der Waals surface area (Å²) in [6, 6.07) is 27.0. The van der Waals surface area contributed by atoms with Crippen molar-refractivity contribution in [3.8, 4) is 11.1 Å². The standard InChI is InChI=1S/C18H13ClFNOS.C13H13NOS.C6H5BClFO2/c1-11-8-9-23-17(11)18(22)21-16-5-3-2-4-13(16)12-6-7-15(20)14(19)10-12;1-9-5-3-4-6-11(9)14-13(15)12-10(2)7-8-16-12;8-5-3-4(7(10)11)1-2-6(5)9/h2-10H,1H3,(H,21,22);3-8H,1-2H3,(H,14,15);1-3,10-11H. The number of para-hydroxylation sites is 2. The number of hydrogen-bond donors (Lipinski definition) is 4. The molecule has 50 heavy (non-hydrogen) atoms. The lowest BCUT2D eigenvalue weighted by Crippen LogP contribution is -2.29. The average molecular weight is 752 g/mol. The summed E-state index contributed by atoms with van der Waals surface area (Å²) in [4.78, 5) is 25.8. The Bertz CT molecular complexity index is 2110. The third-order valence-electron chi connectivity index (χ3n) is 7.18. The zero-order chi connectivity index (χ0) is 36.4. The Hall–Kier alpha value is -4.36. The van der Waals surface area contributed by atoms with Gasteiger partial charge in [-0.2, -0.15) is 0 Å². The van der Waals surface area contributed by atoms with Crippen LogP contribution in [0.3, 0.4) is 0 Å². The molecule has 0 atom stereocenters. The highest BCUT2D eigenvalue weighted by atomic mass is 35.5. The monoisotopic (exact) mass is 750 g/mol. The highest BCUT2D eigenvalue weighted by Crippen LogP contribution is 2.31. The molecule has 0 aliphatic carbocycles. The van der Waals surface area contributed by atoms with Crippen molar-refractivity contribution in [1.29, 1.82) is 0 Å². The van der Waals surface area contributed by atoms with Crippen LogP contribution >= 0.6 is 45.9 Å². The van der Waals surface area contributed by atoms with Crippen molar-refractivity contribution in [3.05, 3.63) is 156 Å². The molecule has 0 fully saturated rings. The van der Waals surface area contributed by atoms with E-state index < -0.39 is 18.8 Å². The second-order valence-electron chi connectivity index (χ2n) is 10.8. The zero-order valence-corrected chi connectivity index (χ0v) is 30.2. The number of anilines is 2. The van der Waals surface area contributed by atoms with Crippen molar-refractivity contribution in [1.82, 2.24) is 0 Å². The summed E-state index contributed by atoms with van der Waals surface area (Å²) < 4.78 is 25.8. The van der Waals surface area contributed by atoms with Gasteiger partial charge in [-0.3, -0.25) is 9.59 Å². The van der Waals surface area contributed by atoms with Gasteiger partial charge >= 0.3 is 7.12 Å². The minimum Gasteiger partial charge on any atom is -0.423 e. The van der Waals surface area contributed by atoms with Crippen LogP contribution in [0.4, 0.5) is 20.2 Å². The van der Waals surface area contributed by atoms with Crippen LogP contribution in [0.15, 0.2) is 108 Å². The maximum atomic E-state index is 13.4. The van der Waals surface area contributed by atoms with Crippen molar-refractivity contribution >= 4 is 81.6 Å². The quantitative estimate of drug-likeness (QED) is 0.128. The van der Waals surface area contributed by atoms with Crippen LogP contribution in [-0.2, 0) is 0 Å². The molecule has 2 heterocycles. The molecule has 6 nitrogen and oxygen atoms in total. The lowest BCUT2D eigenvalue weighted by atomic mass is 9.80. The summed E-state index contributed by atoms with van der Waals surface area (Å²) in [6.45, 7) is 5.83. The Labute approximate surface area is 307 Å². The topological polar surface area (TPSA) is 98.7 Å². The van der Waals surface area contributed by atoms with Gasteiger partial charge in [0.1, 0.15) is 11.6 Å². The number of carbonyl (C=O) groups excluding carboxylic acids is 2. The lowest BCUT2D eigenvalue weighted by molar-refractivity contribution is 0.102. The van der Waals surface area contributed by atoms with Crippen LogP contribution < -0.4 is 16.1 Å². The normalized spacial score (nSPS) is 10.3. The molecule has 4 N–H and O–H groups in total. The smallest absolute Gasteiger partial charge is 0.423 e. The summed E-state index contributed by atoms with van der Waals surface area (Å²) in [6.07, 6.45) is 0. The van der Waals surface area contributed by atoms with E-state index in [0.29, 0.717) is 10.6 Å². The Morgan fingerprint density at radius 2 is 1.14 bits per heavy atom. The molecule has 0 aliphatic heterocycles. The number of amides is 2. The molecule has 4 aromatic carbocycles. The van der Waals surface area contributed by atoms with Gasteiger partial charge in [-0.15, -0.1) is 22.7 Å². The Kier molecular flexibility index (Phi) is 13.9. The first-order valence-corrected chi connectivity index (χ1v) is 17.5.